The van der Waals surface area contributed by atoms with E-state index in [2.05, 4.69) is 10.2 Å². The maximum Gasteiger partial charge on any atom is 0.220 e. The molecule has 1 saturated heterocycles. The molecule has 0 aromatic heterocycles. The molecule has 0 unspecified atom stereocenters. The topological polar surface area (TPSA) is 41.6 Å². The van der Waals surface area contributed by atoms with Crippen LogP contribution in [0.3, 0.4) is 0 Å². The van der Waals surface area contributed by atoms with Crippen molar-refractivity contribution in [2.75, 3.05) is 39.4 Å². The molecule has 0 aliphatic carbocycles. The molecule has 0 saturated carbocycles. The minimum Gasteiger partial charge on any atom is -0.379 e. The van der Waals surface area contributed by atoms with Crippen molar-refractivity contribution in [1.82, 2.24) is 10.2 Å². The van der Waals surface area contributed by atoms with Crippen LogP contribution in [-0.4, -0.2) is 50.2 Å². The molecule has 1 N–H and O–H groups in total. The van der Waals surface area contributed by atoms with Crippen molar-refractivity contribution in [1.29, 1.82) is 0 Å². The van der Waals surface area contributed by atoms with Gasteiger partial charge in [-0.3, -0.25) is 9.69 Å². The predicted octanol–water partition coefficient (Wildman–Crippen LogP) is 1.21. The quantitative estimate of drug-likeness (QED) is 0.851. The summed E-state index contributed by atoms with van der Waals surface area (Å²) in [7, 11) is 0. The lowest BCUT2D eigenvalue weighted by Gasteiger charge is -2.26. The van der Waals surface area contributed by atoms with Crippen LogP contribution in [0.1, 0.15) is 12.0 Å². The number of aryl methyl sites for hydroxylation is 1. The smallest absolute Gasteiger partial charge is 0.220 e. The molecule has 0 spiro atoms. The van der Waals surface area contributed by atoms with E-state index in [4.69, 9.17) is 4.74 Å². The SMILES string of the molecule is O=C(CCc1ccccc1F)NCCN1CCOCC1. The third kappa shape index (κ3) is 4.90. The molecular weight excluding hydrogens is 259 g/mol. The van der Waals surface area contributed by atoms with Crippen LogP contribution in [-0.2, 0) is 16.0 Å². The molecule has 0 radical (unpaired) electrons. The molecule has 1 aliphatic heterocycles. The van der Waals surface area contributed by atoms with Crippen LogP contribution in [0.15, 0.2) is 24.3 Å². The van der Waals surface area contributed by atoms with E-state index < -0.39 is 0 Å². The predicted molar refractivity (Wildman–Crippen MR) is 75.0 cm³/mol. The molecule has 0 bridgehead atoms. The van der Waals surface area contributed by atoms with Gasteiger partial charge in [-0.25, -0.2) is 4.39 Å². The minimum atomic E-state index is -0.242. The number of ether oxygens (including phenoxy) is 1. The fourth-order valence-corrected chi connectivity index (χ4v) is 2.22. The lowest BCUT2D eigenvalue weighted by Crippen LogP contribution is -2.41. The molecule has 110 valence electrons. The normalized spacial score (nSPS) is 16.1. The zero-order valence-corrected chi connectivity index (χ0v) is 11.6. The summed E-state index contributed by atoms with van der Waals surface area (Å²) in [5.74, 6) is -0.268. The van der Waals surface area contributed by atoms with E-state index in [1.165, 1.54) is 6.07 Å². The van der Waals surface area contributed by atoms with Gasteiger partial charge in [0.25, 0.3) is 0 Å². The van der Waals surface area contributed by atoms with Gasteiger partial charge in [-0.2, -0.15) is 0 Å². The van der Waals surface area contributed by atoms with Gasteiger partial charge in [0.2, 0.25) is 5.91 Å². The highest BCUT2D eigenvalue weighted by Crippen LogP contribution is 2.08. The summed E-state index contributed by atoms with van der Waals surface area (Å²) in [6.07, 6.45) is 0.764. The number of hydrogen-bond acceptors (Lipinski definition) is 3. The number of halogens is 1. The van der Waals surface area contributed by atoms with Crippen LogP contribution < -0.4 is 5.32 Å². The Morgan fingerprint density at radius 2 is 2.05 bits per heavy atom. The first-order valence-electron chi connectivity index (χ1n) is 7.06. The number of hydrogen-bond donors (Lipinski definition) is 1. The molecule has 4 nitrogen and oxygen atoms in total. The van der Waals surface area contributed by atoms with Crippen LogP contribution in [0, 0.1) is 5.82 Å². The number of nitrogens with zero attached hydrogens (tertiary/aromatic N) is 1. The highest BCUT2D eigenvalue weighted by atomic mass is 19.1. The van der Waals surface area contributed by atoms with E-state index >= 15 is 0 Å². The Kier molecular flexibility index (Phi) is 5.95. The average molecular weight is 280 g/mol. The number of nitrogens with one attached hydrogen (secondary N) is 1. The summed E-state index contributed by atoms with van der Waals surface area (Å²) in [6, 6.07) is 6.58. The Labute approximate surface area is 118 Å². The molecule has 5 heteroatoms. The fraction of sp³-hybridized carbons (Fsp3) is 0.533. The summed E-state index contributed by atoms with van der Waals surface area (Å²) < 4.78 is 18.6. The summed E-state index contributed by atoms with van der Waals surface area (Å²) in [4.78, 5) is 14.0. The van der Waals surface area contributed by atoms with Gasteiger partial charge >= 0.3 is 0 Å². The molecule has 1 aromatic rings. The molecule has 2 rings (SSSR count). The Morgan fingerprint density at radius 1 is 1.30 bits per heavy atom. The van der Waals surface area contributed by atoms with E-state index in [1.54, 1.807) is 18.2 Å². The van der Waals surface area contributed by atoms with Crippen LogP contribution >= 0.6 is 0 Å². The number of morpholine rings is 1. The van der Waals surface area contributed by atoms with Gasteiger partial charge in [0.15, 0.2) is 0 Å². The van der Waals surface area contributed by atoms with Crippen molar-refractivity contribution in [3.63, 3.8) is 0 Å². The van der Waals surface area contributed by atoms with E-state index in [0.29, 0.717) is 24.9 Å². The summed E-state index contributed by atoms with van der Waals surface area (Å²) in [5, 5.41) is 2.88. The molecule has 1 amide bonds. The monoisotopic (exact) mass is 280 g/mol. The third-order valence-electron chi connectivity index (χ3n) is 3.43. The van der Waals surface area contributed by atoms with Crippen LogP contribution in [0.25, 0.3) is 0 Å². The van der Waals surface area contributed by atoms with Crippen LogP contribution in [0.5, 0.6) is 0 Å². The molecule has 1 aliphatic rings. The number of carbonyl (C=O) groups is 1. The van der Waals surface area contributed by atoms with Gasteiger partial charge in [0.1, 0.15) is 5.82 Å². The molecule has 1 fully saturated rings. The molecule has 0 atom stereocenters. The maximum absolute atomic E-state index is 13.4. The lowest BCUT2D eigenvalue weighted by molar-refractivity contribution is -0.121. The van der Waals surface area contributed by atoms with Gasteiger partial charge in [0, 0.05) is 32.6 Å². The summed E-state index contributed by atoms with van der Waals surface area (Å²) in [5.41, 5.74) is 0.593. The second-order valence-corrected chi connectivity index (χ2v) is 4.90. The summed E-state index contributed by atoms with van der Waals surface area (Å²) >= 11 is 0. The second kappa shape index (κ2) is 7.97. The molecule has 20 heavy (non-hydrogen) atoms. The average Bonchev–Trinajstić information content (AvgIpc) is 2.47. The first-order chi connectivity index (χ1) is 9.75. The van der Waals surface area contributed by atoms with Crippen molar-refractivity contribution < 1.29 is 13.9 Å². The van der Waals surface area contributed by atoms with Gasteiger partial charge in [-0.05, 0) is 18.1 Å². The Morgan fingerprint density at radius 3 is 2.80 bits per heavy atom. The third-order valence-corrected chi connectivity index (χ3v) is 3.43. The van der Waals surface area contributed by atoms with E-state index in [1.807, 2.05) is 0 Å². The zero-order valence-electron chi connectivity index (χ0n) is 11.6. The van der Waals surface area contributed by atoms with Crippen LogP contribution in [0.4, 0.5) is 4.39 Å². The van der Waals surface area contributed by atoms with Gasteiger partial charge < -0.3 is 10.1 Å². The molecule has 1 aromatic carbocycles. The van der Waals surface area contributed by atoms with Crippen molar-refractivity contribution in [2.45, 2.75) is 12.8 Å². The number of benzene rings is 1. The van der Waals surface area contributed by atoms with E-state index in [-0.39, 0.29) is 11.7 Å². The van der Waals surface area contributed by atoms with E-state index in [0.717, 1.165) is 32.8 Å². The standard InChI is InChI=1S/C15H21FN2O2/c16-14-4-2-1-3-13(14)5-6-15(19)17-7-8-18-9-11-20-12-10-18/h1-4H,5-12H2,(H,17,19). The van der Waals surface area contributed by atoms with Gasteiger partial charge in [-0.15, -0.1) is 0 Å². The first kappa shape index (κ1) is 14.9. The zero-order chi connectivity index (χ0) is 14.2. The van der Waals surface area contributed by atoms with Crippen molar-refractivity contribution in [2.24, 2.45) is 0 Å². The maximum atomic E-state index is 13.4. The van der Waals surface area contributed by atoms with Crippen LogP contribution in [0.2, 0.25) is 0 Å². The minimum absolute atomic E-state index is 0.0264. The molecular formula is C15H21FN2O2. The molecule has 1 heterocycles. The fourth-order valence-electron chi connectivity index (χ4n) is 2.22. The number of amides is 1. The highest BCUT2D eigenvalue weighted by molar-refractivity contribution is 5.76. The second-order valence-electron chi connectivity index (χ2n) is 4.90. The number of rotatable bonds is 6. The van der Waals surface area contributed by atoms with Crippen molar-refractivity contribution in [3.05, 3.63) is 35.6 Å². The highest BCUT2D eigenvalue weighted by Gasteiger charge is 2.10. The Bertz CT molecular complexity index is 434. The first-order valence-corrected chi connectivity index (χ1v) is 7.06. The summed E-state index contributed by atoms with van der Waals surface area (Å²) in [6.45, 7) is 4.85. The van der Waals surface area contributed by atoms with Gasteiger partial charge in [0.05, 0.1) is 13.2 Å². The largest absolute Gasteiger partial charge is 0.379 e. The van der Waals surface area contributed by atoms with E-state index in [9.17, 15) is 9.18 Å². The van der Waals surface area contributed by atoms with Crippen molar-refractivity contribution in [3.8, 4) is 0 Å². The Balaban J connectivity index is 1.62. The number of carbonyl (C=O) groups excluding carboxylic acids is 1. The Hall–Kier alpha value is -1.46. The van der Waals surface area contributed by atoms with Gasteiger partial charge in [-0.1, -0.05) is 18.2 Å². The van der Waals surface area contributed by atoms with Crippen molar-refractivity contribution >= 4 is 5.91 Å². The lowest BCUT2D eigenvalue weighted by atomic mass is 10.1.